The van der Waals surface area contributed by atoms with Crippen LogP contribution < -0.4 is 10.1 Å². The third-order valence-corrected chi connectivity index (χ3v) is 3.94. The van der Waals surface area contributed by atoms with Crippen molar-refractivity contribution in [2.75, 3.05) is 0 Å². The summed E-state index contributed by atoms with van der Waals surface area (Å²) in [6, 6.07) is 15.5. The average Bonchev–Trinajstić information content (AvgIpc) is 2.65. The van der Waals surface area contributed by atoms with Crippen LogP contribution in [0.15, 0.2) is 66.7 Å². The molecule has 0 fully saturated rings. The first-order valence-corrected chi connectivity index (χ1v) is 8.54. The van der Waals surface area contributed by atoms with Crippen molar-refractivity contribution in [3.05, 3.63) is 77.3 Å². The predicted molar refractivity (Wildman–Crippen MR) is 100 cm³/mol. The molecule has 144 valence electrons. The zero-order chi connectivity index (χ0) is 20.1. The molecule has 0 bridgehead atoms. The lowest BCUT2D eigenvalue weighted by Gasteiger charge is -2.11. The Labute approximate surface area is 163 Å². The number of hydrogen-bond donors (Lipinski definition) is 1. The second-order valence-corrected chi connectivity index (χ2v) is 6.22. The molecule has 1 aromatic heterocycles. The molecule has 0 spiro atoms. The molecule has 0 aliphatic rings. The number of carbonyl (C=O) groups is 1. The lowest BCUT2D eigenvalue weighted by molar-refractivity contribution is -0.117. The number of carbonyl (C=O) groups excluding carboxylic acids is 1. The number of benzene rings is 2. The highest BCUT2D eigenvalue weighted by molar-refractivity contribution is 6.30. The van der Waals surface area contributed by atoms with Gasteiger partial charge in [-0.25, -0.2) is 4.98 Å². The Morgan fingerprint density at radius 3 is 2.57 bits per heavy atom. The minimum Gasteiger partial charge on any atom is -0.439 e. The van der Waals surface area contributed by atoms with Gasteiger partial charge in [-0.2, -0.15) is 13.2 Å². The standard InChI is InChI=1S/C20H14ClF3N2O2/c21-14-5-7-15(8-6-14)28-19-11-13(16-3-1-2-4-17(16)26-19)12-25-18(27)9-10-20(22,23)24/h1-11H,12H2,(H,25,27)/b10-9+. The number of halogens is 4. The first-order valence-electron chi connectivity index (χ1n) is 8.16. The monoisotopic (exact) mass is 406 g/mol. The van der Waals surface area contributed by atoms with E-state index in [1.807, 2.05) is 0 Å². The SMILES string of the molecule is O=C(/C=C/C(F)(F)F)NCc1cc(Oc2ccc(Cl)cc2)nc2ccccc12. The van der Waals surface area contributed by atoms with E-state index in [1.54, 1.807) is 54.6 Å². The molecule has 1 amide bonds. The molecule has 1 heterocycles. The summed E-state index contributed by atoms with van der Waals surface area (Å²) in [5.74, 6) is -0.0372. The number of amides is 1. The van der Waals surface area contributed by atoms with E-state index in [1.165, 1.54) is 0 Å². The highest BCUT2D eigenvalue weighted by atomic mass is 35.5. The number of nitrogens with zero attached hydrogens (tertiary/aromatic N) is 1. The average molecular weight is 407 g/mol. The van der Waals surface area contributed by atoms with Gasteiger partial charge in [-0.1, -0.05) is 29.8 Å². The zero-order valence-corrected chi connectivity index (χ0v) is 15.1. The Bertz CT molecular complexity index is 1020. The molecule has 0 aliphatic carbocycles. The zero-order valence-electron chi connectivity index (χ0n) is 14.3. The number of allylic oxidation sites excluding steroid dienone is 1. The van der Waals surface area contributed by atoms with E-state index in [2.05, 4.69) is 10.3 Å². The summed E-state index contributed by atoms with van der Waals surface area (Å²) in [7, 11) is 0. The van der Waals surface area contributed by atoms with E-state index in [4.69, 9.17) is 16.3 Å². The van der Waals surface area contributed by atoms with Crippen LogP contribution in [0.3, 0.4) is 0 Å². The summed E-state index contributed by atoms with van der Waals surface area (Å²) in [4.78, 5) is 16.1. The molecule has 3 aromatic rings. The van der Waals surface area contributed by atoms with E-state index in [-0.39, 0.29) is 18.5 Å². The van der Waals surface area contributed by atoms with Gasteiger partial charge >= 0.3 is 6.18 Å². The normalized spacial score (nSPS) is 11.7. The molecule has 0 saturated carbocycles. The molecule has 28 heavy (non-hydrogen) atoms. The number of alkyl halides is 3. The van der Waals surface area contributed by atoms with Gasteiger partial charge in [0.1, 0.15) is 5.75 Å². The van der Waals surface area contributed by atoms with Crippen molar-refractivity contribution >= 4 is 28.4 Å². The molecule has 0 atom stereocenters. The van der Waals surface area contributed by atoms with Gasteiger partial charge in [-0.05, 0) is 35.9 Å². The lowest BCUT2D eigenvalue weighted by atomic mass is 10.1. The van der Waals surface area contributed by atoms with E-state index in [0.717, 1.165) is 5.39 Å². The van der Waals surface area contributed by atoms with E-state index < -0.39 is 12.1 Å². The van der Waals surface area contributed by atoms with Crippen LogP contribution in [-0.2, 0) is 11.3 Å². The van der Waals surface area contributed by atoms with Crippen molar-refractivity contribution in [2.45, 2.75) is 12.7 Å². The lowest BCUT2D eigenvalue weighted by Crippen LogP contribution is -2.21. The molecule has 0 aliphatic heterocycles. The topological polar surface area (TPSA) is 51.2 Å². The number of nitrogens with one attached hydrogen (secondary N) is 1. The maximum absolute atomic E-state index is 12.2. The van der Waals surface area contributed by atoms with Crippen LogP contribution in [0.4, 0.5) is 13.2 Å². The van der Waals surface area contributed by atoms with Gasteiger partial charge in [0.05, 0.1) is 5.52 Å². The Balaban J connectivity index is 1.83. The number of ether oxygens (including phenoxy) is 1. The Morgan fingerprint density at radius 1 is 1.14 bits per heavy atom. The molecule has 8 heteroatoms. The molecule has 3 rings (SSSR count). The fourth-order valence-corrected chi connectivity index (χ4v) is 2.58. The number of para-hydroxylation sites is 1. The minimum absolute atomic E-state index is 0.0149. The van der Waals surface area contributed by atoms with Crippen LogP contribution in [0.5, 0.6) is 11.6 Å². The molecule has 4 nitrogen and oxygen atoms in total. The smallest absolute Gasteiger partial charge is 0.409 e. The largest absolute Gasteiger partial charge is 0.439 e. The highest BCUT2D eigenvalue weighted by Gasteiger charge is 2.22. The third kappa shape index (κ3) is 5.47. The second-order valence-electron chi connectivity index (χ2n) is 5.79. The Hall–Kier alpha value is -3.06. The first-order chi connectivity index (χ1) is 13.3. The van der Waals surface area contributed by atoms with Crippen LogP contribution in [0.1, 0.15) is 5.56 Å². The fourth-order valence-electron chi connectivity index (χ4n) is 2.45. The van der Waals surface area contributed by atoms with Gasteiger partial charge in [0, 0.05) is 35.2 Å². The van der Waals surface area contributed by atoms with Crippen molar-refractivity contribution in [3.8, 4) is 11.6 Å². The molecule has 1 N–H and O–H groups in total. The van der Waals surface area contributed by atoms with Gasteiger partial charge in [0.25, 0.3) is 0 Å². The maximum atomic E-state index is 12.2. The molecule has 2 aromatic carbocycles. The van der Waals surface area contributed by atoms with Crippen molar-refractivity contribution in [1.29, 1.82) is 0 Å². The molecule has 0 radical (unpaired) electrons. The van der Waals surface area contributed by atoms with Crippen molar-refractivity contribution in [2.24, 2.45) is 0 Å². The Morgan fingerprint density at radius 2 is 1.86 bits per heavy atom. The number of hydrogen-bond acceptors (Lipinski definition) is 3. The third-order valence-electron chi connectivity index (χ3n) is 3.69. The summed E-state index contributed by atoms with van der Waals surface area (Å²) in [5.41, 5.74) is 1.28. The van der Waals surface area contributed by atoms with Gasteiger partial charge < -0.3 is 10.1 Å². The molecule has 0 unspecified atom stereocenters. The van der Waals surface area contributed by atoms with Gasteiger partial charge in [-0.3, -0.25) is 4.79 Å². The molecular weight excluding hydrogens is 393 g/mol. The van der Waals surface area contributed by atoms with Crippen LogP contribution in [-0.4, -0.2) is 17.1 Å². The summed E-state index contributed by atoms with van der Waals surface area (Å²) in [6.45, 7) is 0.0149. The number of pyridine rings is 1. The highest BCUT2D eigenvalue weighted by Crippen LogP contribution is 2.26. The number of fused-ring (bicyclic) bond motifs is 1. The molecular formula is C20H14ClF3N2O2. The molecule has 0 saturated heterocycles. The van der Waals surface area contributed by atoms with Crippen LogP contribution in [0.25, 0.3) is 10.9 Å². The summed E-state index contributed by atoms with van der Waals surface area (Å²) in [5, 5.41) is 3.76. The van der Waals surface area contributed by atoms with Gasteiger partial charge in [0.15, 0.2) is 0 Å². The van der Waals surface area contributed by atoms with Gasteiger partial charge in [0.2, 0.25) is 11.8 Å². The maximum Gasteiger partial charge on any atom is 0.409 e. The van der Waals surface area contributed by atoms with Gasteiger partial charge in [-0.15, -0.1) is 0 Å². The summed E-state index contributed by atoms with van der Waals surface area (Å²) in [6.07, 6.45) is -4.20. The quantitative estimate of drug-likeness (QED) is 0.576. The van der Waals surface area contributed by atoms with E-state index in [0.29, 0.717) is 27.9 Å². The number of aromatic nitrogens is 1. The van der Waals surface area contributed by atoms with Crippen LogP contribution in [0.2, 0.25) is 5.02 Å². The second kappa shape index (κ2) is 8.31. The minimum atomic E-state index is -4.54. The van der Waals surface area contributed by atoms with Crippen molar-refractivity contribution < 1.29 is 22.7 Å². The predicted octanol–water partition coefficient (Wildman–Crippen LogP) is 5.42. The Kier molecular flexibility index (Phi) is 5.84. The fraction of sp³-hybridized carbons (Fsp3) is 0.100. The summed E-state index contributed by atoms with van der Waals surface area (Å²) < 4.78 is 42.3. The van der Waals surface area contributed by atoms with Crippen LogP contribution >= 0.6 is 11.6 Å². The van der Waals surface area contributed by atoms with Crippen molar-refractivity contribution in [3.63, 3.8) is 0 Å². The van der Waals surface area contributed by atoms with E-state index in [9.17, 15) is 18.0 Å². The number of rotatable bonds is 5. The first kappa shape index (κ1) is 19.7. The van der Waals surface area contributed by atoms with E-state index >= 15 is 0 Å². The summed E-state index contributed by atoms with van der Waals surface area (Å²) >= 11 is 5.86. The van der Waals surface area contributed by atoms with Crippen molar-refractivity contribution in [1.82, 2.24) is 10.3 Å². The van der Waals surface area contributed by atoms with Crippen LogP contribution in [0, 0.1) is 0 Å².